The average molecular weight is 197 g/mol. The van der Waals surface area contributed by atoms with Crippen LogP contribution in [0.15, 0.2) is 5.38 Å². The van der Waals surface area contributed by atoms with Gasteiger partial charge in [0.05, 0.1) is 10.7 Å². The zero-order chi connectivity index (χ0) is 9.10. The number of aryl methyl sites for hydroxylation is 1. The number of rotatable bonds is 4. The molecule has 4 heteroatoms. The molecule has 1 aromatic heterocycles. The van der Waals surface area contributed by atoms with E-state index in [9.17, 15) is 0 Å². The fraction of sp³-hybridized carbons (Fsp3) is 0.667. The number of aromatic nitrogens is 1. The van der Waals surface area contributed by atoms with Crippen molar-refractivity contribution < 1.29 is 0 Å². The smallest absolute Gasteiger partial charge is 0.0897 e. The lowest BCUT2D eigenvalue weighted by Gasteiger charge is -2.27. The van der Waals surface area contributed by atoms with Gasteiger partial charge in [0.15, 0.2) is 0 Å². The van der Waals surface area contributed by atoms with Crippen molar-refractivity contribution in [2.75, 3.05) is 19.6 Å². The number of nitrogens with zero attached hydrogens (tertiary/aromatic N) is 1. The zero-order valence-electron chi connectivity index (χ0n) is 7.84. The molecule has 0 saturated carbocycles. The van der Waals surface area contributed by atoms with E-state index in [1.54, 1.807) is 11.3 Å². The van der Waals surface area contributed by atoms with Gasteiger partial charge in [-0.05, 0) is 12.8 Å². The molecule has 1 fully saturated rings. The van der Waals surface area contributed by atoms with E-state index in [1.807, 2.05) is 6.92 Å². The van der Waals surface area contributed by atoms with Crippen LogP contribution in [0.1, 0.15) is 10.7 Å². The SMILES string of the molecule is Cc1nc(CNCC2CNC2)cs1. The highest BCUT2D eigenvalue weighted by Gasteiger charge is 2.15. The molecule has 72 valence electrons. The molecule has 1 aromatic rings. The van der Waals surface area contributed by atoms with Crippen molar-refractivity contribution in [3.05, 3.63) is 16.1 Å². The lowest BCUT2D eigenvalue weighted by molar-refractivity contribution is 0.331. The summed E-state index contributed by atoms with van der Waals surface area (Å²) in [6.45, 7) is 6.42. The highest BCUT2D eigenvalue weighted by Crippen LogP contribution is 2.07. The van der Waals surface area contributed by atoms with Crippen molar-refractivity contribution in [1.29, 1.82) is 0 Å². The lowest BCUT2D eigenvalue weighted by Crippen LogP contribution is -2.47. The van der Waals surface area contributed by atoms with E-state index < -0.39 is 0 Å². The molecule has 3 nitrogen and oxygen atoms in total. The maximum Gasteiger partial charge on any atom is 0.0897 e. The fourth-order valence-corrected chi connectivity index (χ4v) is 2.00. The summed E-state index contributed by atoms with van der Waals surface area (Å²) < 4.78 is 0. The van der Waals surface area contributed by atoms with Gasteiger partial charge in [-0.15, -0.1) is 11.3 Å². The number of hydrogen-bond donors (Lipinski definition) is 2. The van der Waals surface area contributed by atoms with E-state index in [4.69, 9.17) is 0 Å². The normalized spacial score (nSPS) is 17.3. The number of thiazole rings is 1. The van der Waals surface area contributed by atoms with E-state index >= 15 is 0 Å². The largest absolute Gasteiger partial charge is 0.316 e. The Morgan fingerprint density at radius 3 is 3.08 bits per heavy atom. The van der Waals surface area contributed by atoms with E-state index in [-0.39, 0.29) is 0 Å². The summed E-state index contributed by atoms with van der Waals surface area (Å²) in [5.41, 5.74) is 1.18. The number of hydrogen-bond acceptors (Lipinski definition) is 4. The van der Waals surface area contributed by atoms with Crippen LogP contribution in [0.3, 0.4) is 0 Å². The maximum atomic E-state index is 4.39. The Morgan fingerprint density at radius 2 is 2.54 bits per heavy atom. The van der Waals surface area contributed by atoms with Gasteiger partial charge < -0.3 is 10.6 Å². The third-order valence-electron chi connectivity index (χ3n) is 2.27. The molecule has 1 aliphatic heterocycles. The molecule has 2 N–H and O–H groups in total. The van der Waals surface area contributed by atoms with Gasteiger partial charge in [-0.3, -0.25) is 0 Å². The van der Waals surface area contributed by atoms with Crippen molar-refractivity contribution >= 4 is 11.3 Å². The van der Waals surface area contributed by atoms with Gasteiger partial charge in [-0.2, -0.15) is 0 Å². The summed E-state index contributed by atoms with van der Waals surface area (Å²) in [5.74, 6) is 0.833. The van der Waals surface area contributed by atoms with Gasteiger partial charge in [0.25, 0.3) is 0 Å². The minimum atomic E-state index is 0.833. The molecule has 0 spiro atoms. The second-order valence-corrected chi connectivity index (χ2v) is 4.58. The lowest BCUT2D eigenvalue weighted by atomic mass is 10.0. The summed E-state index contributed by atoms with van der Waals surface area (Å²) in [5, 5.41) is 9.96. The summed E-state index contributed by atoms with van der Waals surface area (Å²) in [6, 6.07) is 0. The Hall–Kier alpha value is -0.450. The molecule has 0 bridgehead atoms. The maximum absolute atomic E-state index is 4.39. The predicted octanol–water partition coefficient (Wildman–Crippen LogP) is 0.761. The Kier molecular flexibility index (Phi) is 2.93. The number of nitrogens with one attached hydrogen (secondary N) is 2. The molecule has 0 radical (unpaired) electrons. The first-order valence-electron chi connectivity index (χ1n) is 4.67. The van der Waals surface area contributed by atoms with Gasteiger partial charge >= 0.3 is 0 Å². The molecule has 1 saturated heterocycles. The van der Waals surface area contributed by atoms with Crippen LogP contribution in [0, 0.1) is 12.8 Å². The first kappa shape index (κ1) is 9.12. The third kappa shape index (κ3) is 2.49. The minimum absolute atomic E-state index is 0.833. The van der Waals surface area contributed by atoms with Crippen molar-refractivity contribution in [2.45, 2.75) is 13.5 Å². The molecule has 2 rings (SSSR count). The first-order valence-corrected chi connectivity index (χ1v) is 5.55. The molecular weight excluding hydrogens is 182 g/mol. The van der Waals surface area contributed by atoms with Crippen molar-refractivity contribution in [3.8, 4) is 0 Å². The van der Waals surface area contributed by atoms with Crippen molar-refractivity contribution in [3.63, 3.8) is 0 Å². The quantitative estimate of drug-likeness (QED) is 0.748. The topological polar surface area (TPSA) is 37.0 Å². The van der Waals surface area contributed by atoms with Crippen LogP contribution in [0.4, 0.5) is 0 Å². The van der Waals surface area contributed by atoms with Gasteiger partial charge in [0.2, 0.25) is 0 Å². The molecule has 1 aliphatic rings. The molecule has 0 aromatic carbocycles. The van der Waals surface area contributed by atoms with Crippen LogP contribution in [-0.4, -0.2) is 24.6 Å². The summed E-state index contributed by atoms with van der Waals surface area (Å²) in [6.07, 6.45) is 0. The van der Waals surface area contributed by atoms with E-state index in [0.29, 0.717) is 0 Å². The third-order valence-corrected chi connectivity index (χ3v) is 3.09. The predicted molar refractivity (Wildman–Crippen MR) is 54.9 cm³/mol. The summed E-state index contributed by atoms with van der Waals surface area (Å²) in [7, 11) is 0. The Labute approximate surface area is 82.6 Å². The van der Waals surface area contributed by atoms with Gasteiger partial charge in [-0.25, -0.2) is 4.98 Å². The molecule has 0 atom stereocenters. The second-order valence-electron chi connectivity index (χ2n) is 3.51. The van der Waals surface area contributed by atoms with Crippen LogP contribution >= 0.6 is 11.3 Å². The van der Waals surface area contributed by atoms with Crippen LogP contribution in [0.2, 0.25) is 0 Å². The van der Waals surface area contributed by atoms with Crippen LogP contribution in [0.25, 0.3) is 0 Å². The van der Waals surface area contributed by atoms with E-state index in [0.717, 1.165) is 24.0 Å². The van der Waals surface area contributed by atoms with E-state index in [2.05, 4.69) is 21.0 Å². The van der Waals surface area contributed by atoms with Gasteiger partial charge in [0, 0.05) is 31.6 Å². The molecule has 0 aliphatic carbocycles. The molecule has 0 amide bonds. The second kappa shape index (κ2) is 4.17. The molecular formula is C9H15N3S. The summed E-state index contributed by atoms with van der Waals surface area (Å²) in [4.78, 5) is 4.39. The molecule has 2 heterocycles. The van der Waals surface area contributed by atoms with E-state index in [1.165, 1.54) is 18.8 Å². The minimum Gasteiger partial charge on any atom is -0.316 e. The van der Waals surface area contributed by atoms with Crippen LogP contribution in [-0.2, 0) is 6.54 Å². The molecule has 0 unspecified atom stereocenters. The van der Waals surface area contributed by atoms with Crippen molar-refractivity contribution in [2.24, 2.45) is 5.92 Å². The average Bonchev–Trinajstić information content (AvgIpc) is 2.42. The van der Waals surface area contributed by atoms with Crippen molar-refractivity contribution in [1.82, 2.24) is 15.6 Å². The fourth-order valence-electron chi connectivity index (χ4n) is 1.39. The molecule has 13 heavy (non-hydrogen) atoms. The zero-order valence-corrected chi connectivity index (χ0v) is 8.66. The van der Waals surface area contributed by atoms with Gasteiger partial charge in [-0.1, -0.05) is 0 Å². The Balaban J connectivity index is 1.67. The Bertz CT molecular complexity index is 268. The Morgan fingerprint density at radius 1 is 1.69 bits per heavy atom. The monoisotopic (exact) mass is 197 g/mol. The highest BCUT2D eigenvalue weighted by atomic mass is 32.1. The van der Waals surface area contributed by atoms with Crippen LogP contribution in [0.5, 0.6) is 0 Å². The first-order chi connectivity index (χ1) is 6.34. The standard InChI is InChI=1S/C9H15N3S/c1-7-12-9(6-13-7)5-11-4-8-2-10-3-8/h6,8,10-11H,2-5H2,1H3. The summed E-state index contributed by atoms with van der Waals surface area (Å²) >= 11 is 1.72. The highest BCUT2D eigenvalue weighted by molar-refractivity contribution is 7.09. The van der Waals surface area contributed by atoms with Gasteiger partial charge in [0.1, 0.15) is 0 Å². The van der Waals surface area contributed by atoms with Crippen LogP contribution < -0.4 is 10.6 Å².